The number of benzene rings is 1. The largest absolute Gasteiger partial charge is 0.238 e. The average Bonchev–Trinajstić information content (AvgIpc) is 2.68. The van der Waals surface area contributed by atoms with Crippen LogP contribution in [-0.2, 0) is 10.0 Å². The lowest BCUT2D eigenvalue weighted by Crippen LogP contribution is -2.14. The SMILES string of the molecule is NS(=O)(=O)c1cc(F)c(-n2cnnn2)c(F)c1. The maximum atomic E-state index is 13.5. The number of nitrogens with zero attached hydrogens (tertiary/aromatic N) is 4. The molecule has 17 heavy (non-hydrogen) atoms. The maximum Gasteiger partial charge on any atom is 0.238 e. The van der Waals surface area contributed by atoms with E-state index in [1.165, 1.54) is 0 Å². The molecule has 7 nitrogen and oxygen atoms in total. The van der Waals surface area contributed by atoms with Crippen LogP contribution >= 0.6 is 0 Å². The molecule has 0 spiro atoms. The lowest BCUT2D eigenvalue weighted by Gasteiger charge is -2.05. The average molecular weight is 261 g/mol. The molecule has 10 heteroatoms. The summed E-state index contributed by atoms with van der Waals surface area (Å²) in [6.45, 7) is 0. The van der Waals surface area contributed by atoms with E-state index in [0.29, 0.717) is 12.1 Å². The third-order valence-corrected chi connectivity index (χ3v) is 2.79. The fourth-order valence-corrected chi connectivity index (χ4v) is 1.72. The molecule has 1 aromatic heterocycles. The molecule has 2 N–H and O–H groups in total. The molecule has 0 radical (unpaired) electrons. The Morgan fingerprint density at radius 1 is 1.24 bits per heavy atom. The van der Waals surface area contributed by atoms with E-state index in [2.05, 4.69) is 15.5 Å². The van der Waals surface area contributed by atoms with Gasteiger partial charge in [-0.1, -0.05) is 0 Å². The number of rotatable bonds is 2. The van der Waals surface area contributed by atoms with Crippen LogP contribution in [0.5, 0.6) is 0 Å². The molecule has 0 saturated carbocycles. The highest BCUT2D eigenvalue weighted by molar-refractivity contribution is 7.89. The van der Waals surface area contributed by atoms with Gasteiger partial charge in [0, 0.05) is 0 Å². The summed E-state index contributed by atoms with van der Waals surface area (Å²) in [7, 11) is -4.17. The number of hydrogen-bond donors (Lipinski definition) is 1. The van der Waals surface area contributed by atoms with E-state index in [1.54, 1.807) is 0 Å². The van der Waals surface area contributed by atoms with Gasteiger partial charge >= 0.3 is 0 Å². The van der Waals surface area contributed by atoms with Gasteiger partial charge in [0.2, 0.25) is 10.0 Å². The number of tetrazole rings is 1. The molecule has 0 amide bonds. The highest BCUT2D eigenvalue weighted by atomic mass is 32.2. The van der Waals surface area contributed by atoms with Crippen LogP contribution in [0, 0.1) is 11.6 Å². The minimum Gasteiger partial charge on any atom is -0.225 e. The molecule has 0 bridgehead atoms. The number of primary sulfonamides is 1. The summed E-state index contributed by atoms with van der Waals surface area (Å²) >= 11 is 0. The number of sulfonamides is 1. The summed E-state index contributed by atoms with van der Waals surface area (Å²) in [5.74, 6) is -2.28. The van der Waals surface area contributed by atoms with Crippen molar-refractivity contribution < 1.29 is 17.2 Å². The topological polar surface area (TPSA) is 104 Å². The predicted molar refractivity (Wildman–Crippen MR) is 50.4 cm³/mol. The quantitative estimate of drug-likeness (QED) is 0.791. The van der Waals surface area contributed by atoms with Crippen LogP contribution in [0.25, 0.3) is 5.69 Å². The van der Waals surface area contributed by atoms with Crippen molar-refractivity contribution in [1.82, 2.24) is 20.2 Å². The Morgan fingerprint density at radius 2 is 1.82 bits per heavy atom. The molecular weight excluding hydrogens is 256 g/mol. The van der Waals surface area contributed by atoms with Gasteiger partial charge in [0.1, 0.15) is 12.0 Å². The summed E-state index contributed by atoms with van der Waals surface area (Å²) in [6, 6.07) is 1.19. The van der Waals surface area contributed by atoms with Crippen LogP contribution in [0.1, 0.15) is 0 Å². The molecular formula is C7H5F2N5O2S. The first kappa shape index (κ1) is 11.5. The van der Waals surface area contributed by atoms with Gasteiger partial charge in [-0.2, -0.15) is 4.68 Å². The number of nitrogens with two attached hydrogens (primary N) is 1. The van der Waals surface area contributed by atoms with Crippen molar-refractivity contribution in [2.75, 3.05) is 0 Å². The number of aromatic nitrogens is 4. The molecule has 0 aliphatic rings. The van der Waals surface area contributed by atoms with Crippen molar-refractivity contribution in [2.45, 2.75) is 4.90 Å². The van der Waals surface area contributed by atoms with Crippen LogP contribution in [0.2, 0.25) is 0 Å². The zero-order chi connectivity index (χ0) is 12.6. The molecule has 90 valence electrons. The van der Waals surface area contributed by atoms with Gasteiger partial charge in [-0.25, -0.2) is 22.3 Å². The van der Waals surface area contributed by atoms with E-state index in [1.807, 2.05) is 0 Å². The van der Waals surface area contributed by atoms with Gasteiger partial charge in [0.25, 0.3) is 0 Å². The zero-order valence-electron chi connectivity index (χ0n) is 8.08. The minimum absolute atomic E-state index is 0.581. The van der Waals surface area contributed by atoms with Crippen molar-refractivity contribution in [1.29, 1.82) is 0 Å². The molecule has 0 unspecified atom stereocenters. The van der Waals surface area contributed by atoms with E-state index in [4.69, 9.17) is 5.14 Å². The summed E-state index contributed by atoms with van der Waals surface area (Å²) < 4.78 is 49.7. The van der Waals surface area contributed by atoms with Crippen LogP contribution in [0.3, 0.4) is 0 Å². The first-order valence-corrected chi connectivity index (χ1v) is 5.69. The number of hydrogen-bond acceptors (Lipinski definition) is 5. The lowest BCUT2D eigenvalue weighted by molar-refractivity contribution is 0.546. The first-order valence-electron chi connectivity index (χ1n) is 4.15. The Labute approximate surface area is 93.9 Å². The second-order valence-electron chi connectivity index (χ2n) is 3.03. The van der Waals surface area contributed by atoms with Crippen molar-refractivity contribution in [3.63, 3.8) is 0 Å². The molecule has 0 fully saturated rings. The van der Waals surface area contributed by atoms with Crippen molar-refractivity contribution in [3.8, 4) is 5.69 Å². The molecule has 1 heterocycles. The van der Waals surface area contributed by atoms with E-state index in [0.717, 1.165) is 11.0 Å². The summed E-state index contributed by atoms with van der Waals surface area (Å²) in [4.78, 5) is -0.663. The van der Waals surface area contributed by atoms with Gasteiger partial charge in [0.15, 0.2) is 11.6 Å². The molecule has 0 saturated heterocycles. The van der Waals surface area contributed by atoms with Crippen molar-refractivity contribution in [3.05, 3.63) is 30.1 Å². The zero-order valence-corrected chi connectivity index (χ0v) is 8.90. The first-order chi connectivity index (χ1) is 7.89. The Balaban J connectivity index is 2.67. The highest BCUT2D eigenvalue weighted by Gasteiger charge is 2.18. The third-order valence-electron chi connectivity index (χ3n) is 1.90. The molecule has 0 atom stereocenters. The fourth-order valence-electron chi connectivity index (χ4n) is 1.19. The maximum absolute atomic E-state index is 13.5. The van der Waals surface area contributed by atoms with Crippen LogP contribution < -0.4 is 5.14 Å². The van der Waals surface area contributed by atoms with E-state index in [-0.39, 0.29) is 0 Å². The van der Waals surface area contributed by atoms with Gasteiger partial charge in [-0.3, -0.25) is 0 Å². The Hall–Kier alpha value is -1.94. The van der Waals surface area contributed by atoms with Gasteiger partial charge in [0.05, 0.1) is 4.90 Å². The number of halogens is 2. The lowest BCUT2D eigenvalue weighted by atomic mass is 10.3. The van der Waals surface area contributed by atoms with Crippen molar-refractivity contribution in [2.24, 2.45) is 5.14 Å². The highest BCUT2D eigenvalue weighted by Crippen LogP contribution is 2.20. The normalized spacial score (nSPS) is 11.7. The third kappa shape index (κ3) is 2.12. The van der Waals surface area contributed by atoms with Crippen LogP contribution in [-0.4, -0.2) is 28.6 Å². The molecule has 0 aliphatic carbocycles. The fraction of sp³-hybridized carbons (Fsp3) is 0. The summed E-state index contributed by atoms with van der Waals surface area (Å²) in [6.07, 6.45) is 0.970. The Bertz CT molecular complexity index is 632. The van der Waals surface area contributed by atoms with Gasteiger partial charge < -0.3 is 0 Å². The Morgan fingerprint density at radius 3 is 2.24 bits per heavy atom. The Kier molecular flexibility index (Phi) is 2.59. The van der Waals surface area contributed by atoms with Crippen molar-refractivity contribution >= 4 is 10.0 Å². The predicted octanol–water partition coefficient (Wildman–Crippen LogP) is -0.412. The molecule has 2 aromatic rings. The van der Waals surface area contributed by atoms with Crippen LogP contribution in [0.15, 0.2) is 23.4 Å². The molecule has 1 aromatic carbocycles. The second-order valence-corrected chi connectivity index (χ2v) is 4.60. The van der Waals surface area contributed by atoms with Gasteiger partial charge in [-0.15, -0.1) is 5.10 Å². The smallest absolute Gasteiger partial charge is 0.225 e. The summed E-state index contributed by atoms with van der Waals surface area (Å²) in [5.41, 5.74) is -0.581. The molecule has 2 rings (SSSR count). The monoisotopic (exact) mass is 261 g/mol. The second kappa shape index (κ2) is 3.82. The minimum atomic E-state index is -4.17. The van der Waals surface area contributed by atoms with Gasteiger partial charge in [-0.05, 0) is 22.6 Å². The summed E-state index contributed by atoms with van der Waals surface area (Å²) in [5, 5.41) is 14.5. The van der Waals surface area contributed by atoms with E-state index < -0.39 is 32.2 Å². The van der Waals surface area contributed by atoms with E-state index >= 15 is 0 Å². The van der Waals surface area contributed by atoms with Crippen LogP contribution in [0.4, 0.5) is 8.78 Å². The molecule has 0 aliphatic heterocycles. The van der Waals surface area contributed by atoms with E-state index in [9.17, 15) is 17.2 Å². The standard InChI is InChI=1S/C7H5F2N5O2S/c8-5-1-4(17(10,15)16)2-6(9)7(5)14-3-11-12-13-14/h1-3H,(H2,10,15,16).